The van der Waals surface area contributed by atoms with Gasteiger partial charge in [-0.25, -0.2) is 4.98 Å². The van der Waals surface area contributed by atoms with Crippen LogP contribution in [0.15, 0.2) is 41.1 Å². The average Bonchev–Trinajstić information content (AvgIpc) is 3.21. The predicted molar refractivity (Wildman–Crippen MR) is 138 cm³/mol. The van der Waals surface area contributed by atoms with E-state index in [9.17, 15) is 9.59 Å². The highest BCUT2D eigenvalue weighted by Crippen LogP contribution is 2.35. The summed E-state index contributed by atoms with van der Waals surface area (Å²) in [5.41, 5.74) is 3.69. The van der Waals surface area contributed by atoms with Crippen molar-refractivity contribution in [2.24, 2.45) is 0 Å². The van der Waals surface area contributed by atoms with E-state index < -0.39 is 0 Å². The van der Waals surface area contributed by atoms with Crippen LogP contribution in [0.4, 0.5) is 0 Å². The summed E-state index contributed by atoms with van der Waals surface area (Å²) in [6, 6.07) is 8.52. The van der Waals surface area contributed by atoms with Crippen LogP contribution < -0.4 is 0 Å². The quantitative estimate of drug-likeness (QED) is 0.374. The van der Waals surface area contributed by atoms with Crippen molar-refractivity contribution in [1.82, 2.24) is 24.6 Å². The number of carbonyl (C=O) groups excluding carboxylic acids is 2. The standard InChI is InChI=1S/C25H24BrCl2N5O2/c1-13-8-21-18(12-31(13)24(34)16-4-6-19(27)20(28)9-16)23-25(35)32(11-14(2)33(23)30-21)15(3)17-5-7-22(26)29-10-17/h4-7,9-10,13-15H,8,11-12H2,1-3H3/t13-,14-,15?/m1/s1. The van der Waals surface area contributed by atoms with Crippen LogP contribution in [0.5, 0.6) is 0 Å². The Bertz CT molecular complexity index is 1330. The maximum atomic E-state index is 13.8. The first-order chi connectivity index (χ1) is 16.7. The maximum Gasteiger partial charge on any atom is 0.273 e. The summed E-state index contributed by atoms with van der Waals surface area (Å²) in [6.07, 6.45) is 2.36. The fourth-order valence-electron chi connectivity index (χ4n) is 4.90. The number of hydrogen-bond acceptors (Lipinski definition) is 4. The molecule has 0 aliphatic carbocycles. The summed E-state index contributed by atoms with van der Waals surface area (Å²) in [7, 11) is 0. The van der Waals surface area contributed by atoms with Crippen molar-refractivity contribution in [3.05, 3.63) is 79.3 Å². The Labute approximate surface area is 222 Å². The van der Waals surface area contributed by atoms with E-state index in [-0.39, 0.29) is 29.9 Å². The van der Waals surface area contributed by atoms with Gasteiger partial charge in [0.15, 0.2) is 0 Å². The van der Waals surface area contributed by atoms with Crippen LogP contribution >= 0.6 is 39.1 Å². The molecule has 1 aromatic carbocycles. The molecular weight excluding hydrogens is 553 g/mol. The lowest BCUT2D eigenvalue weighted by molar-refractivity contribution is 0.0574. The fraction of sp³-hybridized carbons (Fsp3) is 0.360. The molecule has 3 aromatic rings. The number of fused-ring (bicyclic) bond motifs is 3. The van der Waals surface area contributed by atoms with E-state index in [0.717, 1.165) is 21.4 Å². The summed E-state index contributed by atoms with van der Waals surface area (Å²) in [6.45, 7) is 6.93. The van der Waals surface area contributed by atoms with E-state index >= 15 is 0 Å². The highest BCUT2D eigenvalue weighted by molar-refractivity contribution is 9.10. The third-order valence-electron chi connectivity index (χ3n) is 6.91. The number of nitrogens with zero attached hydrogens (tertiary/aromatic N) is 5. The molecule has 0 radical (unpaired) electrons. The molecule has 0 N–H and O–H groups in total. The smallest absolute Gasteiger partial charge is 0.273 e. The van der Waals surface area contributed by atoms with Crippen LogP contribution in [0, 0.1) is 0 Å². The Hall–Kier alpha value is -2.42. The molecule has 5 rings (SSSR count). The molecule has 3 atom stereocenters. The van der Waals surface area contributed by atoms with Gasteiger partial charge < -0.3 is 9.80 Å². The Morgan fingerprint density at radius 3 is 2.60 bits per heavy atom. The molecule has 0 saturated heterocycles. The monoisotopic (exact) mass is 575 g/mol. The fourth-order valence-corrected chi connectivity index (χ4v) is 5.44. The number of benzene rings is 1. The van der Waals surface area contributed by atoms with Gasteiger partial charge in [0, 0.05) is 36.3 Å². The van der Waals surface area contributed by atoms with E-state index in [1.54, 1.807) is 29.3 Å². The predicted octanol–water partition coefficient (Wildman–Crippen LogP) is 5.71. The minimum atomic E-state index is -0.152. The van der Waals surface area contributed by atoms with E-state index in [4.69, 9.17) is 28.3 Å². The van der Waals surface area contributed by atoms with E-state index in [1.807, 2.05) is 35.6 Å². The van der Waals surface area contributed by atoms with E-state index in [1.165, 1.54) is 0 Å². The van der Waals surface area contributed by atoms with Crippen LogP contribution in [0.2, 0.25) is 10.0 Å². The molecule has 4 heterocycles. The zero-order chi connectivity index (χ0) is 25.0. The average molecular weight is 577 g/mol. The summed E-state index contributed by atoms with van der Waals surface area (Å²) in [4.78, 5) is 35.2. The molecule has 0 fully saturated rings. The van der Waals surface area contributed by atoms with Crippen LogP contribution in [0.3, 0.4) is 0 Å². The van der Waals surface area contributed by atoms with Crippen LogP contribution in [-0.4, -0.2) is 49.0 Å². The molecule has 182 valence electrons. The first-order valence-electron chi connectivity index (χ1n) is 11.4. The van der Waals surface area contributed by atoms with Gasteiger partial charge in [0.2, 0.25) is 0 Å². The van der Waals surface area contributed by atoms with Crippen molar-refractivity contribution < 1.29 is 9.59 Å². The Balaban J connectivity index is 1.48. The van der Waals surface area contributed by atoms with Gasteiger partial charge in [-0.15, -0.1) is 0 Å². The van der Waals surface area contributed by atoms with Crippen LogP contribution in [-0.2, 0) is 13.0 Å². The second-order valence-electron chi connectivity index (χ2n) is 9.23. The minimum absolute atomic E-state index is 0.00804. The van der Waals surface area contributed by atoms with Crippen molar-refractivity contribution >= 4 is 50.9 Å². The molecular formula is C25H24BrCl2N5O2. The number of amides is 2. The molecule has 2 amide bonds. The van der Waals surface area contributed by atoms with E-state index in [2.05, 4.69) is 27.8 Å². The molecule has 7 nitrogen and oxygen atoms in total. The SMILES string of the molecule is CC(c1ccc(Br)nc1)N1C[C@@H](C)n2nc3c(c2C1=O)CN(C(=O)c1ccc(Cl)c(Cl)c1)[C@H](C)C3. The lowest BCUT2D eigenvalue weighted by Gasteiger charge is -2.37. The molecule has 1 unspecified atom stereocenters. The van der Waals surface area contributed by atoms with Gasteiger partial charge in [0.05, 0.1) is 34.4 Å². The van der Waals surface area contributed by atoms with Crippen molar-refractivity contribution in [2.45, 2.75) is 51.9 Å². The molecule has 0 spiro atoms. The third kappa shape index (κ3) is 4.26. The number of rotatable bonds is 3. The second-order valence-corrected chi connectivity index (χ2v) is 10.9. The molecule has 35 heavy (non-hydrogen) atoms. The Morgan fingerprint density at radius 1 is 1.14 bits per heavy atom. The van der Waals surface area contributed by atoms with Gasteiger partial charge >= 0.3 is 0 Å². The summed E-state index contributed by atoms with van der Waals surface area (Å²) < 4.78 is 2.59. The Kier molecular flexibility index (Phi) is 6.40. The first kappa shape index (κ1) is 24.3. The zero-order valence-corrected chi connectivity index (χ0v) is 22.6. The van der Waals surface area contributed by atoms with Crippen molar-refractivity contribution in [1.29, 1.82) is 0 Å². The summed E-state index contributed by atoms with van der Waals surface area (Å²) >= 11 is 15.6. The highest BCUT2D eigenvalue weighted by Gasteiger charge is 2.40. The van der Waals surface area contributed by atoms with Crippen molar-refractivity contribution in [2.75, 3.05) is 6.54 Å². The summed E-state index contributed by atoms with van der Waals surface area (Å²) in [5.74, 6) is -0.229. The number of halogens is 3. The molecule has 2 aromatic heterocycles. The van der Waals surface area contributed by atoms with E-state index in [0.29, 0.717) is 40.8 Å². The van der Waals surface area contributed by atoms with Gasteiger partial charge in [-0.05, 0) is 66.5 Å². The van der Waals surface area contributed by atoms with Crippen LogP contribution in [0.1, 0.15) is 70.5 Å². The number of hydrogen-bond donors (Lipinski definition) is 0. The number of carbonyl (C=O) groups is 2. The lowest BCUT2D eigenvalue weighted by Crippen LogP contribution is -2.45. The minimum Gasteiger partial charge on any atom is -0.331 e. The molecule has 2 aliphatic heterocycles. The maximum absolute atomic E-state index is 13.8. The van der Waals surface area contributed by atoms with Crippen molar-refractivity contribution in [3.8, 4) is 0 Å². The highest BCUT2D eigenvalue weighted by atomic mass is 79.9. The van der Waals surface area contributed by atoms with Gasteiger partial charge in [0.1, 0.15) is 10.3 Å². The molecule has 2 aliphatic rings. The second kappa shape index (κ2) is 9.22. The molecule has 0 saturated carbocycles. The number of aromatic nitrogens is 3. The van der Waals surface area contributed by atoms with Gasteiger partial charge in [-0.3, -0.25) is 14.3 Å². The lowest BCUT2D eigenvalue weighted by atomic mass is 9.96. The third-order valence-corrected chi connectivity index (χ3v) is 8.12. The largest absolute Gasteiger partial charge is 0.331 e. The van der Waals surface area contributed by atoms with Gasteiger partial charge in [-0.1, -0.05) is 29.3 Å². The first-order valence-corrected chi connectivity index (χ1v) is 13.0. The Morgan fingerprint density at radius 2 is 1.91 bits per heavy atom. The van der Waals surface area contributed by atoms with Crippen LogP contribution in [0.25, 0.3) is 0 Å². The number of pyridine rings is 1. The topological polar surface area (TPSA) is 71.3 Å². The zero-order valence-electron chi connectivity index (χ0n) is 19.5. The van der Waals surface area contributed by atoms with Gasteiger partial charge in [0.25, 0.3) is 11.8 Å². The molecule has 0 bridgehead atoms. The summed E-state index contributed by atoms with van der Waals surface area (Å²) in [5, 5.41) is 5.55. The van der Waals surface area contributed by atoms with Gasteiger partial charge in [-0.2, -0.15) is 5.10 Å². The molecule has 10 heteroatoms. The van der Waals surface area contributed by atoms with Crippen molar-refractivity contribution in [3.63, 3.8) is 0 Å². The normalized spacial score (nSPS) is 20.5.